The molecule has 2 aromatic rings. The number of allylic oxidation sites excluding steroid dienone is 1. The lowest BCUT2D eigenvalue weighted by Gasteiger charge is -2.01. The van der Waals surface area contributed by atoms with E-state index < -0.39 is 0 Å². The summed E-state index contributed by atoms with van der Waals surface area (Å²) >= 11 is 5.88. The molecule has 0 spiro atoms. The number of pyridine rings is 1. The Balaban J connectivity index is 2.29. The summed E-state index contributed by atoms with van der Waals surface area (Å²) in [6, 6.07) is 8.64. The Morgan fingerprint density at radius 1 is 1.30 bits per heavy atom. The highest BCUT2D eigenvalue weighted by atomic mass is 35.5. The second kappa shape index (κ2) is 5.88. The fraction of sp³-hybridized carbons (Fsp3) is 0.125. The van der Waals surface area contributed by atoms with Gasteiger partial charge in [-0.15, -0.1) is 0 Å². The van der Waals surface area contributed by atoms with Crippen molar-refractivity contribution in [2.45, 2.75) is 6.92 Å². The van der Waals surface area contributed by atoms with Gasteiger partial charge in [0.05, 0.1) is 5.56 Å². The maximum Gasteiger partial charge on any atom is 0.261 e. The van der Waals surface area contributed by atoms with Gasteiger partial charge in [-0.05, 0) is 48.4 Å². The van der Waals surface area contributed by atoms with Crippen LogP contribution in [-0.4, -0.2) is 10.4 Å². The van der Waals surface area contributed by atoms with Crippen molar-refractivity contribution in [1.82, 2.24) is 4.57 Å². The Hall–Kier alpha value is -2.13. The molecule has 0 fully saturated rings. The minimum atomic E-state index is -0.305. The molecule has 0 amide bonds. The summed E-state index contributed by atoms with van der Waals surface area (Å²) in [6.07, 6.45) is 4.72. The molecule has 0 aliphatic rings. The molecule has 0 aliphatic carbocycles. The fourth-order valence-corrected chi connectivity index (χ4v) is 2.09. The van der Waals surface area contributed by atoms with Gasteiger partial charge in [0.1, 0.15) is 0 Å². The van der Waals surface area contributed by atoms with Gasteiger partial charge in [-0.3, -0.25) is 9.59 Å². The average molecular weight is 288 g/mol. The highest BCUT2D eigenvalue weighted by molar-refractivity contribution is 6.30. The summed E-state index contributed by atoms with van der Waals surface area (Å²) in [4.78, 5) is 23.9. The van der Waals surface area contributed by atoms with E-state index in [1.165, 1.54) is 16.7 Å². The zero-order chi connectivity index (χ0) is 14.7. The molecule has 3 nitrogen and oxygen atoms in total. The molecule has 0 unspecified atom stereocenters. The Kier molecular flexibility index (Phi) is 4.20. The Bertz CT molecular complexity index is 744. The first-order valence-corrected chi connectivity index (χ1v) is 6.51. The number of hydrogen-bond acceptors (Lipinski definition) is 2. The molecular weight excluding hydrogens is 274 g/mol. The van der Waals surface area contributed by atoms with Crippen LogP contribution in [0.25, 0.3) is 6.08 Å². The van der Waals surface area contributed by atoms with Crippen LogP contribution in [0.3, 0.4) is 0 Å². The van der Waals surface area contributed by atoms with Gasteiger partial charge in [-0.1, -0.05) is 23.7 Å². The first kappa shape index (κ1) is 14.3. The van der Waals surface area contributed by atoms with E-state index in [1.54, 1.807) is 31.5 Å². The summed E-state index contributed by atoms with van der Waals surface area (Å²) in [6.45, 7) is 1.91. The molecule has 0 saturated heterocycles. The Morgan fingerprint density at radius 3 is 2.75 bits per heavy atom. The van der Waals surface area contributed by atoms with Gasteiger partial charge in [0.15, 0.2) is 5.78 Å². The van der Waals surface area contributed by atoms with Gasteiger partial charge >= 0.3 is 0 Å². The summed E-state index contributed by atoms with van der Waals surface area (Å²) in [5.74, 6) is -0.305. The van der Waals surface area contributed by atoms with Gasteiger partial charge in [-0.25, -0.2) is 0 Å². The van der Waals surface area contributed by atoms with E-state index >= 15 is 0 Å². The van der Waals surface area contributed by atoms with Crippen molar-refractivity contribution >= 4 is 23.5 Å². The number of nitrogens with zero attached hydrogens (tertiary/aromatic N) is 1. The molecule has 0 atom stereocenters. The number of rotatable bonds is 3. The van der Waals surface area contributed by atoms with Crippen LogP contribution in [0.2, 0.25) is 5.02 Å². The van der Waals surface area contributed by atoms with Gasteiger partial charge < -0.3 is 4.57 Å². The van der Waals surface area contributed by atoms with Crippen LogP contribution in [0.4, 0.5) is 0 Å². The maximum atomic E-state index is 12.0. The number of carbonyl (C=O) groups is 1. The lowest BCUT2D eigenvalue weighted by Crippen LogP contribution is -2.22. The summed E-state index contributed by atoms with van der Waals surface area (Å²) in [5, 5.41) is 0.655. The SMILES string of the molecule is Cc1cc(Cl)ccc1/C=C/C(=O)c1cccn(C)c1=O. The number of aromatic nitrogens is 1. The van der Waals surface area contributed by atoms with E-state index in [1.807, 2.05) is 19.1 Å². The fourth-order valence-electron chi connectivity index (χ4n) is 1.87. The van der Waals surface area contributed by atoms with Crippen LogP contribution in [0, 0.1) is 6.92 Å². The predicted octanol–water partition coefficient (Wildman–Crippen LogP) is 3.24. The zero-order valence-corrected chi connectivity index (χ0v) is 12.0. The van der Waals surface area contributed by atoms with Crippen molar-refractivity contribution in [2.24, 2.45) is 7.05 Å². The summed E-state index contributed by atoms with van der Waals surface area (Å²) in [5.41, 5.74) is 1.74. The number of carbonyl (C=O) groups excluding carboxylic acids is 1. The molecule has 1 heterocycles. The summed E-state index contributed by atoms with van der Waals surface area (Å²) < 4.78 is 1.38. The lowest BCUT2D eigenvalue weighted by molar-refractivity contribution is 0.104. The van der Waals surface area contributed by atoms with Crippen molar-refractivity contribution in [1.29, 1.82) is 0 Å². The van der Waals surface area contributed by atoms with Gasteiger partial charge in [-0.2, -0.15) is 0 Å². The minimum Gasteiger partial charge on any atom is -0.318 e. The molecular formula is C16H14ClNO2. The van der Waals surface area contributed by atoms with Crippen molar-refractivity contribution in [3.8, 4) is 0 Å². The van der Waals surface area contributed by atoms with Crippen molar-refractivity contribution in [3.63, 3.8) is 0 Å². The monoisotopic (exact) mass is 287 g/mol. The first-order valence-electron chi connectivity index (χ1n) is 6.13. The van der Waals surface area contributed by atoms with Crippen molar-refractivity contribution in [3.05, 3.63) is 74.7 Å². The van der Waals surface area contributed by atoms with Crippen LogP contribution >= 0.6 is 11.6 Å². The van der Waals surface area contributed by atoms with E-state index in [0.29, 0.717) is 5.02 Å². The van der Waals surface area contributed by atoms with Crippen molar-refractivity contribution in [2.75, 3.05) is 0 Å². The molecule has 1 aromatic heterocycles. The van der Waals surface area contributed by atoms with E-state index in [9.17, 15) is 9.59 Å². The van der Waals surface area contributed by atoms with Crippen LogP contribution in [0.15, 0.2) is 47.4 Å². The molecule has 0 bridgehead atoms. The zero-order valence-electron chi connectivity index (χ0n) is 11.3. The normalized spacial score (nSPS) is 10.9. The van der Waals surface area contributed by atoms with E-state index in [4.69, 9.17) is 11.6 Å². The Labute approximate surface area is 122 Å². The molecule has 1 aromatic carbocycles. The predicted molar refractivity (Wildman–Crippen MR) is 81.2 cm³/mol. The number of halogens is 1. The largest absolute Gasteiger partial charge is 0.318 e. The third kappa shape index (κ3) is 3.06. The van der Waals surface area contributed by atoms with Gasteiger partial charge in [0.2, 0.25) is 0 Å². The molecule has 0 saturated carbocycles. The van der Waals surface area contributed by atoms with Crippen LogP contribution in [0.1, 0.15) is 21.5 Å². The second-order valence-corrected chi connectivity index (χ2v) is 4.97. The molecule has 0 N–H and O–H groups in total. The number of hydrogen-bond donors (Lipinski definition) is 0. The molecule has 102 valence electrons. The summed E-state index contributed by atoms with van der Waals surface area (Å²) in [7, 11) is 1.62. The van der Waals surface area contributed by atoms with Crippen LogP contribution < -0.4 is 5.56 Å². The van der Waals surface area contributed by atoms with Gasteiger partial charge in [0.25, 0.3) is 5.56 Å². The van der Waals surface area contributed by atoms with Crippen LogP contribution in [-0.2, 0) is 7.05 Å². The third-order valence-electron chi connectivity index (χ3n) is 3.03. The van der Waals surface area contributed by atoms with Crippen molar-refractivity contribution < 1.29 is 4.79 Å². The third-order valence-corrected chi connectivity index (χ3v) is 3.27. The smallest absolute Gasteiger partial charge is 0.261 e. The standard InChI is InChI=1S/C16H14ClNO2/c1-11-10-13(17)7-5-12(11)6-8-15(19)14-4-3-9-18(2)16(14)20/h3-10H,1-2H3/b8-6+. The first-order chi connectivity index (χ1) is 9.49. The maximum absolute atomic E-state index is 12.0. The number of benzene rings is 1. The minimum absolute atomic E-state index is 0.165. The molecule has 0 radical (unpaired) electrons. The topological polar surface area (TPSA) is 39.1 Å². The second-order valence-electron chi connectivity index (χ2n) is 4.54. The highest BCUT2D eigenvalue weighted by Gasteiger charge is 2.07. The van der Waals surface area contributed by atoms with E-state index in [-0.39, 0.29) is 16.9 Å². The molecule has 0 aliphatic heterocycles. The molecule has 20 heavy (non-hydrogen) atoms. The quantitative estimate of drug-likeness (QED) is 0.642. The lowest BCUT2D eigenvalue weighted by atomic mass is 10.1. The van der Waals surface area contributed by atoms with E-state index in [2.05, 4.69) is 0 Å². The van der Waals surface area contributed by atoms with Crippen LogP contribution in [0.5, 0.6) is 0 Å². The molecule has 4 heteroatoms. The number of aryl methyl sites for hydroxylation is 2. The highest BCUT2D eigenvalue weighted by Crippen LogP contribution is 2.16. The molecule has 2 rings (SSSR count). The Morgan fingerprint density at radius 2 is 2.05 bits per heavy atom. The van der Waals surface area contributed by atoms with E-state index in [0.717, 1.165) is 11.1 Å². The average Bonchev–Trinajstić information content (AvgIpc) is 2.40. The number of ketones is 1. The van der Waals surface area contributed by atoms with Gasteiger partial charge in [0, 0.05) is 18.3 Å².